The van der Waals surface area contributed by atoms with Gasteiger partial charge in [-0.05, 0) is 60.4 Å². The lowest BCUT2D eigenvalue weighted by molar-refractivity contribution is -0.145. The van der Waals surface area contributed by atoms with Crippen LogP contribution in [0.3, 0.4) is 0 Å². The first-order valence-corrected chi connectivity index (χ1v) is 15.2. The SMILES string of the molecule is COc1ccc(COC(=O)C[C@]2(c3ccc(-c4ccc(NC(=O)c5cnco5)cc4)s3)CCCCS2(=O)=O)cc1. The number of hydrogen-bond donors (Lipinski definition) is 1. The van der Waals surface area contributed by atoms with Gasteiger partial charge in [-0.2, -0.15) is 0 Å². The lowest BCUT2D eigenvalue weighted by atomic mass is 9.95. The molecule has 2 aromatic heterocycles. The predicted molar refractivity (Wildman–Crippen MR) is 151 cm³/mol. The van der Waals surface area contributed by atoms with Gasteiger partial charge in [-0.3, -0.25) is 9.59 Å². The molecule has 0 saturated carbocycles. The Labute approximate surface area is 236 Å². The summed E-state index contributed by atoms with van der Waals surface area (Å²) in [5.41, 5.74) is 2.22. The van der Waals surface area contributed by atoms with Crippen molar-refractivity contribution in [1.29, 1.82) is 0 Å². The van der Waals surface area contributed by atoms with E-state index >= 15 is 0 Å². The second-order valence-corrected chi connectivity index (χ2v) is 13.0. The van der Waals surface area contributed by atoms with Gasteiger partial charge >= 0.3 is 5.97 Å². The van der Waals surface area contributed by atoms with Gasteiger partial charge in [0.2, 0.25) is 5.76 Å². The van der Waals surface area contributed by atoms with Crippen LogP contribution in [0.1, 0.15) is 46.7 Å². The van der Waals surface area contributed by atoms with E-state index in [-0.39, 0.29) is 24.5 Å². The zero-order valence-corrected chi connectivity index (χ0v) is 23.4. The molecule has 11 heteroatoms. The maximum atomic E-state index is 13.5. The summed E-state index contributed by atoms with van der Waals surface area (Å²) in [4.78, 5) is 30.4. The lowest BCUT2D eigenvalue weighted by Crippen LogP contribution is -2.42. The van der Waals surface area contributed by atoms with Crippen LogP contribution in [0.15, 0.2) is 77.7 Å². The van der Waals surface area contributed by atoms with Crippen molar-refractivity contribution in [3.63, 3.8) is 0 Å². The van der Waals surface area contributed by atoms with E-state index in [1.54, 1.807) is 49.6 Å². The van der Waals surface area contributed by atoms with Crippen LogP contribution in [-0.2, 0) is 30.7 Å². The van der Waals surface area contributed by atoms with Gasteiger partial charge in [0.25, 0.3) is 5.91 Å². The van der Waals surface area contributed by atoms with Crippen molar-refractivity contribution >= 4 is 38.7 Å². The van der Waals surface area contributed by atoms with Crippen LogP contribution in [0, 0.1) is 0 Å². The molecule has 0 aliphatic carbocycles. The molecule has 1 N–H and O–H groups in total. The molecule has 1 aliphatic heterocycles. The summed E-state index contributed by atoms with van der Waals surface area (Å²) in [6.45, 7) is 0.0496. The average molecular weight is 581 g/mol. The molecule has 0 bridgehead atoms. The van der Waals surface area contributed by atoms with Crippen LogP contribution in [0.2, 0.25) is 0 Å². The second kappa shape index (κ2) is 11.6. The second-order valence-electron chi connectivity index (χ2n) is 9.52. The highest BCUT2D eigenvalue weighted by Gasteiger charge is 2.49. The number of thiophene rings is 1. The number of oxazole rings is 1. The lowest BCUT2D eigenvalue weighted by Gasteiger charge is -2.35. The molecule has 5 rings (SSSR count). The van der Waals surface area contributed by atoms with Crippen molar-refractivity contribution in [2.75, 3.05) is 18.2 Å². The normalized spacial score (nSPS) is 18.1. The maximum absolute atomic E-state index is 13.5. The summed E-state index contributed by atoms with van der Waals surface area (Å²) in [5.74, 6) is -0.129. The van der Waals surface area contributed by atoms with Crippen LogP contribution in [-0.4, -0.2) is 38.1 Å². The highest BCUT2D eigenvalue weighted by molar-refractivity contribution is 7.92. The number of carbonyl (C=O) groups is 2. The fraction of sp³-hybridized carbons (Fsp3) is 0.276. The van der Waals surface area contributed by atoms with Gasteiger partial charge in [-0.1, -0.05) is 30.7 Å². The number of esters is 1. The number of methoxy groups -OCH3 is 1. The number of carbonyl (C=O) groups excluding carboxylic acids is 2. The average Bonchev–Trinajstić information content (AvgIpc) is 3.67. The Morgan fingerprint density at radius 1 is 1.05 bits per heavy atom. The molecule has 1 atom stereocenters. The van der Waals surface area contributed by atoms with E-state index in [4.69, 9.17) is 13.9 Å². The maximum Gasteiger partial charge on any atom is 0.308 e. The first kappa shape index (κ1) is 27.6. The molecule has 0 unspecified atom stereocenters. The van der Waals surface area contributed by atoms with Crippen LogP contribution in [0.5, 0.6) is 5.75 Å². The molecule has 1 fully saturated rings. The van der Waals surface area contributed by atoms with Crippen LogP contribution in [0.25, 0.3) is 10.4 Å². The van der Waals surface area contributed by atoms with E-state index in [0.29, 0.717) is 35.6 Å². The van der Waals surface area contributed by atoms with Gasteiger partial charge in [0, 0.05) is 15.4 Å². The molecule has 1 aliphatic rings. The van der Waals surface area contributed by atoms with Crippen molar-refractivity contribution in [2.45, 2.75) is 37.0 Å². The Morgan fingerprint density at radius 2 is 1.82 bits per heavy atom. The third kappa shape index (κ3) is 5.80. The first-order chi connectivity index (χ1) is 19.3. The van der Waals surface area contributed by atoms with Gasteiger partial charge in [-0.25, -0.2) is 13.4 Å². The quantitative estimate of drug-likeness (QED) is 0.254. The minimum atomic E-state index is -3.60. The summed E-state index contributed by atoms with van der Waals surface area (Å²) in [7, 11) is -2.03. The Hall–Kier alpha value is -3.96. The highest BCUT2D eigenvalue weighted by Crippen LogP contribution is 2.47. The third-order valence-electron chi connectivity index (χ3n) is 6.97. The van der Waals surface area contributed by atoms with Gasteiger partial charge < -0.3 is 19.2 Å². The van der Waals surface area contributed by atoms with Crippen molar-refractivity contribution in [3.8, 4) is 16.2 Å². The summed E-state index contributed by atoms with van der Waals surface area (Å²) in [6, 6.07) is 18.0. The number of ether oxygens (including phenoxy) is 2. The van der Waals surface area contributed by atoms with Gasteiger partial charge in [0.1, 0.15) is 17.1 Å². The largest absolute Gasteiger partial charge is 0.497 e. The summed E-state index contributed by atoms with van der Waals surface area (Å²) >= 11 is 1.36. The number of rotatable bonds is 9. The minimum absolute atomic E-state index is 0.0333. The molecule has 208 valence electrons. The molecule has 3 heterocycles. The summed E-state index contributed by atoms with van der Waals surface area (Å²) in [5, 5.41) is 2.74. The number of sulfone groups is 1. The van der Waals surface area contributed by atoms with Gasteiger partial charge in [-0.15, -0.1) is 11.3 Å². The van der Waals surface area contributed by atoms with E-state index in [1.165, 1.54) is 23.9 Å². The number of amides is 1. The highest BCUT2D eigenvalue weighted by atomic mass is 32.2. The Morgan fingerprint density at radius 3 is 2.50 bits per heavy atom. The molecule has 4 aromatic rings. The zero-order valence-electron chi connectivity index (χ0n) is 21.8. The van der Waals surface area contributed by atoms with Crippen LogP contribution in [0.4, 0.5) is 5.69 Å². The molecule has 0 radical (unpaired) electrons. The van der Waals surface area contributed by atoms with E-state index in [9.17, 15) is 18.0 Å². The first-order valence-electron chi connectivity index (χ1n) is 12.7. The number of benzene rings is 2. The number of hydrogen-bond acceptors (Lipinski definition) is 9. The molecular weight excluding hydrogens is 552 g/mol. The van der Waals surface area contributed by atoms with Gasteiger partial charge in [0.05, 0.1) is 25.5 Å². The number of anilines is 1. The van der Waals surface area contributed by atoms with Crippen molar-refractivity contribution in [1.82, 2.24) is 4.98 Å². The van der Waals surface area contributed by atoms with E-state index < -0.39 is 26.5 Å². The zero-order chi connectivity index (χ0) is 28.2. The molecule has 9 nitrogen and oxygen atoms in total. The molecule has 1 amide bonds. The monoisotopic (exact) mass is 580 g/mol. The smallest absolute Gasteiger partial charge is 0.308 e. The van der Waals surface area contributed by atoms with Crippen molar-refractivity contribution < 1.29 is 31.9 Å². The van der Waals surface area contributed by atoms with Crippen LogP contribution >= 0.6 is 11.3 Å². The Balaban J connectivity index is 1.33. The number of nitrogens with zero attached hydrogens (tertiary/aromatic N) is 1. The fourth-order valence-electron chi connectivity index (χ4n) is 4.76. The Bertz CT molecular complexity index is 1580. The van der Waals surface area contributed by atoms with Crippen molar-refractivity contribution in [3.05, 3.63) is 89.5 Å². The summed E-state index contributed by atoms with van der Waals surface area (Å²) < 4.78 is 41.4. The van der Waals surface area contributed by atoms with E-state index in [0.717, 1.165) is 16.0 Å². The molecule has 2 aromatic carbocycles. The number of aromatic nitrogens is 1. The third-order valence-corrected chi connectivity index (χ3v) is 11.0. The van der Waals surface area contributed by atoms with E-state index in [2.05, 4.69) is 10.3 Å². The molecule has 1 saturated heterocycles. The van der Waals surface area contributed by atoms with Crippen molar-refractivity contribution in [2.24, 2.45) is 0 Å². The minimum Gasteiger partial charge on any atom is -0.497 e. The predicted octanol–water partition coefficient (Wildman–Crippen LogP) is 5.59. The molecular formula is C29H28N2O7S2. The van der Waals surface area contributed by atoms with Gasteiger partial charge in [0.15, 0.2) is 16.2 Å². The standard InChI is InChI=1S/C29H28N2O7S2/c1-36-23-10-4-20(5-11-23)18-37-27(32)16-29(14-2-3-15-40(29,34)35)26-13-12-25(39-26)21-6-8-22(9-7-21)31-28(33)24-17-30-19-38-24/h4-13,17,19H,2-3,14-16,18H2,1H3,(H,31,33)/t29-/m0/s1. The summed E-state index contributed by atoms with van der Waals surface area (Å²) in [6.07, 6.45) is 3.92. The molecule has 0 spiro atoms. The molecule has 40 heavy (non-hydrogen) atoms. The topological polar surface area (TPSA) is 125 Å². The van der Waals surface area contributed by atoms with E-state index in [1.807, 2.05) is 18.2 Å². The fourth-order valence-corrected chi connectivity index (χ4v) is 8.53. The number of nitrogens with one attached hydrogen (secondary N) is 1. The Kier molecular flexibility index (Phi) is 8.04. The van der Waals surface area contributed by atoms with Crippen LogP contribution < -0.4 is 10.1 Å².